The lowest BCUT2D eigenvalue weighted by molar-refractivity contribution is -0.144. The highest BCUT2D eigenvalue weighted by Gasteiger charge is 2.34. The summed E-state index contributed by atoms with van der Waals surface area (Å²) in [5.74, 6) is -2.13. The minimum absolute atomic E-state index is 0.374. The second kappa shape index (κ2) is 9.71. The van der Waals surface area contributed by atoms with Crippen LogP contribution in [0.15, 0.2) is 0 Å². The molecule has 0 saturated carbocycles. The fourth-order valence-electron chi connectivity index (χ4n) is 1.77. The van der Waals surface area contributed by atoms with E-state index < -0.39 is 43.5 Å². The van der Waals surface area contributed by atoms with Crippen molar-refractivity contribution in [2.24, 2.45) is 0 Å². The van der Waals surface area contributed by atoms with Gasteiger partial charge in [-0.3, -0.25) is 14.4 Å². The lowest BCUT2D eigenvalue weighted by atomic mass is 10.5. The Hall–Kier alpha value is -1.36. The van der Waals surface area contributed by atoms with Crippen LogP contribution in [0.5, 0.6) is 0 Å². The van der Waals surface area contributed by atoms with Crippen molar-refractivity contribution < 1.29 is 33.2 Å². The summed E-state index contributed by atoms with van der Waals surface area (Å²) in [6.07, 6.45) is -2.61. The highest BCUT2D eigenvalue weighted by atomic mass is 31.2. The van der Waals surface area contributed by atoms with E-state index in [0.29, 0.717) is 0 Å². The molecule has 0 amide bonds. The fourth-order valence-corrected chi connectivity index (χ4v) is 3.74. The predicted molar refractivity (Wildman–Crippen MR) is 85.9 cm³/mol. The first-order valence-electron chi connectivity index (χ1n) is 7.59. The van der Waals surface area contributed by atoms with Gasteiger partial charge in [0.15, 0.2) is 0 Å². The molecule has 23 heavy (non-hydrogen) atoms. The van der Waals surface area contributed by atoms with Gasteiger partial charge in [-0.1, -0.05) is 0 Å². The van der Waals surface area contributed by atoms with Crippen molar-refractivity contribution in [1.82, 2.24) is 0 Å². The van der Waals surface area contributed by atoms with Crippen LogP contribution in [0.3, 0.4) is 0 Å². The molecule has 8 heteroatoms. The number of rotatable bonds is 9. The summed E-state index contributed by atoms with van der Waals surface area (Å²) in [6, 6.07) is 0. The molecule has 0 bridgehead atoms. The lowest BCUT2D eigenvalue weighted by Gasteiger charge is -2.18. The molecule has 0 aromatic heterocycles. The maximum absolute atomic E-state index is 12.9. The Kier molecular flexibility index (Phi) is 9.13. The molecule has 0 radical (unpaired) electrons. The van der Waals surface area contributed by atoms with E-state index in [1.807, 2.05) is 0 Å². The van der Waals surface area contributed by atoms with E-state index in [0.717, 1.165) is 0 Å². The van der Waals surface area contributed by atoms with Crippen LogP contribution < -0.4 is 0 Å². The highest BCUT2D eigenvalue weighted by Crippen LogP contribution is 2.45. The summed E-state index contributed by atoms with van der Waals surface area (Å²) >= 11 is 0. The second-order valence-electron chi connectivity index (χ2n) is 6.15. The molecule has 0 aromatic carbocycles. The summed E-state index contributed by atoms with van der Waals surface area (Å²) in [4.78, 5) is 35.3. The standard InChI is InChI=1S/C15H27O7P/c1-10(2)20-13(16)7-23(19,8-14(17)21-11(3)4)9-15(18)22-12(5)6/h10-12H,7-9H2,1-6H3. The summed E-state index contributed by atoms with van der Waals surface area (Å²) in [7, 11) is -3.48. The van der Waals surface area contributed by atoms with Gasteiger partial charge in [0, 0.05) is 0 Å². The van der Waals surface area contributed by atoms with Crippen LogP contribution in [0.1, 0.15) is 41.5 Å². The molecule has 0 saturated heterocycles. The number of ether oxygens (including phenoxy) is 3. The van der Waals surface area contributed by atoms with Gasteiger partial charge >= 0.3 is 17.9 Å². The average molecular weight is 350 g/mol. The Labute approximate surface area is 137 Å². The fraction of sp³-hybridized carbons (Fsp3) is 0.800. The molecule has 7 nitrogen and oxygen atoms in total. The quantitative estimate of drug-likeness (QED) is 0.357. The van der Waals surface area contributed by atoms with E-state index >= 15 is 0 Å². The number of carbonyl (C=O) groups excluding carboxylic acids is 3. The van der Waals surface area contributed by atoms with Gasteiger partial charge in [-0.05, 0) is 41.5 Å². The van der Waals surface area contributed by atoms with Crippen molar-refractivity contribution in [2.45, 2.75) is 59.9 Å². The number of hydrogen-bond acceptors (Lipinski definition) is 7. The van der Waals surface area contributed by atoms with Gasteiger partial charge in [0.05, 0.1) is 18.3 Å². The number of hydrogen-bond donors (Lipinski definition) is 0. The first kappa shape index (κ1) is 21.6. The smallest absolute Gasteiger partial charge is 0.313 e. The van der Waals surface area contributed by atoms with E-state index in [9.17, 15) is 18.9 Å². The Morgan fingerprint density at radius 2 is 0.870 bits per heavy atom. The average Bonchev–Trinajstić information content (AvgIpc) is 2.22. The van der Waals surface area contributed by atoms with E-state index in [1.54, 1.807) is 41.5 Å². The van der Waals surface area contributed by atoms with Crippen LogP contribution in [-0.2, 0) is 33.2 Å². The Balaban J connectivity index is 5.03. The molecule has 0 aromatic rings. The minimum atomic E-state index is -3.48. The van der Waals surface area contributed by atoms with Crippen molar-refractivity contribution in [3.8, 4) is 0 Å². The minimum Gasteiger partial charge on any atom is -0.463 e. The topological polar surface area (TPSA) is 96.0 Å². The van der Waals surface area contributed by atoms with Crippen LogP contribution in [-0.4, -0.2) is 54.7 Å². The van der Waals surface area contributed by atoms with Gasteiger partial charge in [-0.2, -0.15) is 0 Å². The Morgan fingerprint density at radius 3 is 1.04 bits per heavy atom. The molecule has 0 spiro atoms. The molecular weight excluding hydrogens is 323 g/mol. The third-order valence-electron chi connectivity index (χ3n) is 2.35. The SMILES string of the molecule is CC(C)OC(=O)CP(=O)(CC(=O)OC(C)C)CC(=O)OC(C)C. The molecular formula is C15H27O7P. The van der Waals surface area contributed by atoms with Crippen LogP contribution in [0, 0.1) is 0 Å². The molecule has 0 aliphatic carbocycles. The molecule has 0 atom stereocenters. The van der Waals surface area contributed by atoms with Crippen LogP contribution in [0.25, 0.3) is 0 Å². The lowest BCUT2D eigenvalue weighted by Crippen LogP contribution is -2.25. The van der Waals surface area contributed by atoms with Crippen molar-refractivity contribution in [3.05, 3.63) is 0 Å². The van der Waals surface area contributed by atoms with E-state index in [-0.39, 0.29) is 18.3 Å². The van der Waals surface area contributed by atoms with E-state index in [4.69, 9.17) is 14.2 Å². The zero-order valence-electron chi connectivity index (χ0n) is 14.7. The van der Waals surface area contributed by atoms with Gasteiger partial charge in [-0.25, -0.2) is 0 Å². The second-order valence-corrected chi connectivity index (χ2v) is 9.21. The summed E-state index contributed by atoms with van der Waals surface area (Å²) in [6.45, 7) is 9.93. The largest absolute Gasteiger partial charge is 0.463 e. The zero-order valence-corrected chi connectivity index (χ0v) is 15.6. The van der Waals surface area contributed by atoms with Gasteiger partial charge < -0.3 is 18.8 Å². The van der Waals surface area contributed by atoms with Crippen molar-refractivity contribution in [3.63, 3.8) is 0 Å². The van der Waals surface area contributed by atoms with E-state index in [1.165, 1.54) is 0 Å². The molecule has 0 heterocycles. The van der Waals surface area contributed by atoms with Crippen LogP contribution >= 0.6 is 7.14 Å². The molecule has 0 aliphatic heterocycles. The van der Waals surface area contributed by atoms with Gasteiger partial charge in [0.2, 0.25) is 0 Å². The number of carbonyl (C=O) groups is 3. The summed E-state index contributed by atoms with van der Waals surface area (Å²) < 4.78 is 27.8. The van der Waals surface area contributed by atoms with E-state index in [2.05, 4.69) is 0 Å². The van der Waals surface area contributed by atoms with Crippen LogP contribution in [0.4, 0.5) is 0 Å². The highest BCUT2D eigenvalue weighted by molar-refractivity contribution is 7.66. The molecule has 134 valence electrons. The Morgan fingerprint density at radius 1 is 0.652 bits per heavy atom. The Bertz CT molecular complexity index is 402. The molecule has 0 N–H and O–H groups in total. The predicted octanol–water partition coefficient (Wildman–Crippen LogP) is 2.20. The molecule has 0 unspecified atom stereocenters. The monoisotopic (exact) mass is 350 g/mol. The first-order chi connectivity index (χ1) is 10.4. The molecule has 0 rings (SSSR count). The normalized spacial score (nSPS) is 11.7. The number of esters is 3. The summed E-state index contributed by atoms with van der Waals surface area (Å²) in [5.41, 5.74) is 0. The van der Waals surface area contributed by atoms with Crippen molar-refractivity contribution >= 4 is 25.0 Å². The van der Waals surface area contributed by atoms with Crippen molar-refractivity contribution in [2.75, 3.05) is 18.5 Å². The van der Waals surface area contributed by atoms with Gasteiger partial charge in [0.25, 0.3) is 0 Å². The molecule has 0 fully saturated rings. The maximum atomic E-state index is 12.9. The first-order valence-corrected chi connectivity index (χ1v) is 9.85. The molecule has 0 aliphatic rings. The van der Waals surface area contributed by atoms with Crippen molar-refractivity contribution in [1.29, 1.82) is 0 Å². The third-order valence-corrected chi connectivity index (χ3v) is 4.86. The van der Waals surface area contributed by atoms with Gasteiger partial charge in [0.1, 0.15) is 25.6 Å². The maximum Gasteiger partial charge on any atom is 0.313 e. The van der Waals surface area contributed by atoms with Gasteiger partial charge in [-0.15, -0.1) is 0 Å². The third kappa shape index (κ3) is 10.9. The van der Waals surface area contributed by atoms with Crippen LogP contribution in [0.2, 0.25) is 0 Å². The zero-order chi connectivity index (χ0) is 18.2. The summed E-state index contributed by atoms with van der Waals surface area (Å²) in [5, 5.41) is 0.